The van der Waals surface area contributed by atoms with Crippen molar-refractivity contribution in [3.05, 3.63) is 95.9 Å². The molecule has 2 aromatic carbocycles. The zero-order chi connectivity index (χ0) is 40.5. The van der Waals surface area contributed by atoms with E-state index < -0.39 is 52.8 Å². The van der Waals surface area contributed by atoms with Crippen LogP contribution < -0.4 is 11.1 Å². The van der Waals surface area contributed by atoms with Crippen LogP contribution in [-0.2, 0) is 40.1 Å². The van der Waals surface area contributed by atoms with Crippen LogP contribution >= 0.6 is 0 Å². The number of anilines is 1. The Kier molecular flexibility index (Phi) is 11.3. The minimum absolute atomic E-state index is 0.0304. The molecule has 5 N–H and O–H groups in total. The summed E-state index contributed by atoms with van der Waals surface area (Å²) in [7, 11) is 0. The van der Waals surface area contributed by atoms with Crippen molar-refractivity contribution in [1.82, 2.24) is 4.98 Å². The summed E-state index contributed by atoms with van der Waals surface area (Å²) < 4.78 is 10.6. The summed E-state index contributed by atoms with van der Waals surface area (Å²) in [6.07, 6.45) is 10.2. The minimum atomic E-state index is -1.78. The van der Waals surface area contributed by atoms with Gasteiger partial charge >= 0.3 is 11.9 Å². The predicted octanol–water partition coefficient (Wildman–Crippen LogP) is 5.25. The van der Waals surface area contributed by atoms with Gasteiger partial charge in [-0.25, -0.2) is 0 Å². The lowest BCUT2D eigenvalue weighted by Gasteiger charge is -2.59. The molecule has 3 aromatic rings. The fourth-order valence-electron chi connectivity index (χ4n) is 10.4. The van der Waals surface area contributed by atoms with Gasteiger partial charge in [0.2, 0.25) is 11.7 Å². The molecule has 8 atom stereocenters. The van der Waals surface area contributed by atoms with Gasteiger partial charge in [-0.05, 0) is 104 Å². The molecule has 7 rings (SSSR count). The van der Waals surface area contributed by atoms with Crippen LogP contribution in [0.1, 0.15) is 82.3 Å². The minimum Gasteiger partial charge on any atom is -0.461 e. The number of allylic oxidation sites excluding steroid dienone is 4. The standard InChI is InChI=1S/C45H51N3O9/c1-43-17-13-33(49)22-31(43)8-10-35-36-14-18-45(55,44(36,2)23-37(50)41(35)43)38(51)26-57-40(53)12-11-39(52)56-25-27-3-5-28(6-4-27)34(15-19-46)42(54)48-32-9-7-30-24-47-20-16-29(30)21-32/h3-7,9,13,16-17,20-22,24,34-37,41,50,55H,8,10-12,14-15,18-19,23,25-26,46H2,1-2H3,(H,48,54)/t34?,35-,36-,37-,41+,43-,44-,45-/m0/s1. The topological polar surface area (TPSA) is 195 Å². The maximum Gasteiger partial charge on any atom is 0.306 e. The zero-order valence-corrected chi connectivity index (χ0v) is 32.4. The molecule has 1 aromatic heterocycles. The van der Waals surface area contributed by atoms with Gasteiger partial charge in [-0.1, -0.05) is 55.8 Å². The number of carbonyl (C=O) groups excluding carboxylic acids is 5. The Morgan fingerprint density at radius 3 is 2.51 bits per heavy atom. The van der Waals surface area contributed by atoms with Gasteiger partial charge in [0.05, 0.1) is 24.9 Å². The maximum absolute atomic E-state index is 13.6. The molecule has 0 spiro atoms. The Hall–Kier alpha value is -5.04. The number of aliphatic hydroxyl groups excluding tert-OH is 1. The molecule has 57 heavy (non-hydrogen) atoms. The van der Waals surface area contributed by atoms with Crippen LogP contribution in [0.2, 0.25) is 0 Å². The number of carbonyl (C=O) groups is 5. The number of ether oxygens (including phenoxy) is 2. The van der Waals surface area contributed by atoms with E-state index in [1.165, 1.54) is 0 Å². The molecule has 0 saturated heterocycles. The molecule has 4 aliphatic rings. The number of pyridine rings is 1. The van der Waals surface area contributed by atoms with E-state index in [-0.39, 0.29) is 61.7 Å². The number of amides is 1. The van der Waals surface area contributed by atoms with Crippen LogP contribution in [0.15, 0.2) is 84.7 Å². The van der Waals surface area contributed by atoms with Gasteiger partial charge in [0.25, 0.3) is 0 Å². The fraction of sp³-hybridized carbons (Fsp3) is 0.467. The third kappa shape index (κ3) is 7.70. The average Bonchev–Trinajstić information content (AvgIpc) is 3.47. The summed E-state index contributed by atoms with van der Waals surface area (Å²) in [6.45, 7) is 3.56. The van der Waals surface area contributed by atoms with Crippen LogP contribution in [0.3, 0.4) is 0 Å². The van der Waals surface area contributed by atoms with Gasteiger partial charge in [0.1, 0.15) is 12.2 Å². The Morgan fingerprint density at radius 2 is 1.75 bits per heavy atom. The summed E-state index contributed by atoms with van der Waals surface area (Å²) in [6, 6.07) is 14.6. The predicted molar refractivity (Wildman–Crippen MR) is 211 cm³/mol. The molecule has 1 heterocycles. The van der Waals surface area contributed by atoms with Crippen molar-refractivity contribution in [2.24, 2.45) is 34.3 Å². The van der Waals surface area contributed by atoms with Crippen molar-refractivity contribution in [2.75, 3.05) is 18.5 Å². The van der Waals surface area contributed by atoms with Gasteiger partial charge in [0.15, 0.2) is 12.4 Å². The SMILES string of the molecule is C[C@]12C=CC(=O)C=C1CC[C@@H]1[C@@H]2[C@@H](O)C[C@@]2(C)[C@H]1CC[C@]2(O)C(=O)COC(=O)CCC(=O)OCc1ccc(C(CCN)C(=O)Nc2ccc3cnccc3c2)cc1. The zero-order valence-electron chi connectivity index (χ0n) is 32.4. The van der Waals surface area contributed by atoms with Gasteiger partial charge in [-0.3, -0.25) is 29.0 Å². The van der Waals surface area contributed by atoms with Crippen molar-refractivity contribution >= 4 is 45.9 Å². The number of esters is 2. The Morgan fingerprint density at radius 1 is 1.00 bits per heavy atom. The number of aliphatic hydroxyl groups is 2. The summed E-state index contributed by atoms with van der Waals surface area (Å²) in [5.41, 5.74) is 5.84. The molecular weight excluding hydrogens is 727 g/mol. The maximum atomic E-state index is 13.6. The fourth-order valence-corrected chi connectivity index (χ4v) is 10.4. The number of aromatic nitrogens is 1. The molecule has 0 radical (unpaired) electrons. The number of Topliss-reactive ketones (excluding diaryl/α,β-unsaturated/α-hetero) is 1. The third-order valence-electron chi connectivity index (χ3n) is 13.5. The summed E-state index contributed by atoms with van der Waals surface area (Å²) in [5.74, 6) is -2.84. The van der Waals surface area contributed by atoms with Crippen molar-refractivity contribution in [3.63, 3.8) is 0 Å². The van der Waals surface area contributed by atoms with E-state index >= 15 is 0 Å². The van der Waals surface area contributed by atoms with Gasteiger partial charge in [-0.15, -0.1) is 0 Å². The highest BCUT2D eigenvalue weighted by molar-refractivity contribution is 6.01. The van der Waals surface area contributed by atoms with Gasteiger partial charge in [-0.2, -0.15) is 0 Å². The van der Waals surface area contributed by atoms with Crippen LogP contribution in [0, 0.1) is 28.6 Å². The second-order valence-corrected chi connectivity index (χ2v) is 16.7. The van der Waals surface area contributed by atoms with Crippen LogP contribution in [0.25, 0.3) is 10.8 Å². The highest BCUT2D eigenvalue weighted by Crippen LogP contribution is 2.67. The normalized spacial score (nSPS) is 29.4. The molecule has 4 aliphatic carbocycles. The molecule has 1 unspecified atom stereocenters. The molecule has 0 aliphatic heterocycles. The molecule has 3 fully saturated rings. The van der Waals surface area contributed by atoms with E-state index in [0.29, 0.717) is 37.1 Å². The number of nitrogens with two attached hydrogens (primary N) is 1. The van der Waals surface area contributed by atoms with Crippen molar-refractivity contribution in [1.29, 1.82) is 0 Å². The first kappa shape index (κ1) is 40.2. The number of benzene rings is 2. The highest BCUT2D eigenvalue weighted by atomic mass is 16.5. The van der Waals surface area contributed by atoms with E-state index in [9.17, 15) is 34.2 Å². The second kappa shape index (κ2) is 16.1. The average molecular weight is 778 g/mol. The molecule has 0 bridgehead atoms. The van der Waals surface area contributed by atoms with Gasteiger partial charge < -0.3 is 30.7 Å². The van der Waals surface area contributed by atoms with E-state index in [2.05, 4.69) is 17.2 Å². The lowest BCUT2D eigenvalue weighted by Crippen LogP contribution is -2.61. The number of rotatable bonds is 13. The third-order valence-corrected chi connectivity index (χ3v) is 13.5. The molecule has 1 amide bonds. The summed E-state index contributed by atoms with van der Waals surface area (Å²) in [4.78, 5) is 68.3. The smallest absolute Gasteiger partial charge is 0.306 e. The molecule has 12 heteroatoms. The van der Waals surface area contributed by atoms with Crippen molar-refractivity contribution < 1.29 is 43.7 Å². The van der Waals surface area contributed by atoms with Crippen LogP contribution in [0.4, 0.5) is 5.69 Å². The lowest BCUT2D eigenvalue weighted by molar-refractivity contribution is -0.181. The van der Waals surface area contributed by atoms with E-state index in [0.717, 1.165) is 28.3 Å². The first-order valence-corrected chi connectivity index (χ1v) is 19.9. The van der Waals surface area contributed by atoms with E-state index in [4.69, 9.17) is 15.2 Å². The molecule has 300 valence electrons. The van der Waals surface area contributed by atoms with Gasteiger partial charge in [0, 0.05) is 40.2 Å². The Balaban J connectivity index is 0.871. The number of fused-ring (bicyclic) bond motifs is 6. The first-order valence-electron chi connectivity index (χ1n) is 19.9. The summed E-state index contributed by atoms with van der Waals surface area (Å²) >= 11 is 0. The number of nitrogens with one attached hydrogen (secondary N) is 1. The quantitative estimate of drug-likeness (QED) is 0.166. The molecular formula is C45H51N3O9. The largest absolute Gasteiger partial charge is 0.461 e. The lowest BCUT2D eigenvalue weighted by atomic mass is 9.46. The number of hydrogen-bond donors (Lipinski definition) is 4. The number of nitrogens with zero attached hydrogens (tertiary/aromatic N) is 1. The van der Waals surface area contributed by atoms with E-state index in [1.807, 2.05) is 37.3 Å². The van der Waals surface area contributed by atoms with Crippen LogP contribution in [0.5, 0.6) is 0 Å². The van der Waals surface area contributed by atoms with Crippen molar-refractivity contribution in [3.8, 4) is 0 Å². The van der Waals surface area contributed by atoms with E-state index in [1.54, 1.807) is 48.8 Å². The van der Waals surface area contributed by atoms with Crippen LogP contribution in [-0.4, -0.2) is 69.5 Å². The Bertz CT molecular complexity index is 2130. The Labute approximate surface area is 331 Å². The highest BCUT2D eigenvalue weighted by Gasteiger charge is 2.68. The first-order chi connectivity index (χ1) is 27.3. The number of ketones is 2. The van der Waals surface area contributed by atoms with Crippen molar-refractivity contribution in [2.45, 2.75) is 89.4 Å². The number of hydrogen-bond acceptors (Lipinski definition) is 11. The second-order valence-electron chi connectivity index (χ2n) is 16.7. The molecule has 12 nitrogen and oxygen atoms in total. The molecule has 3 saturated carbocycles. The monoisotopic (exact) mass is 777 g/mol. The summed E-state index contributed by atoms with van der Waals surface area (Å²) in [5, 5.41) is 28.4.